The molecule has 4 nitrogen and oxygen atoms in total. The average Bonchev–Trinajstić information content (AvgIpc) is 2.72. The Kier molecular flexibility index (Phi) is 3.82. The van der Waals surface area contributed by atoms with Gasteiger partial charge in [-0.3, -0.25) is 4.98 Å². The molecule has 0 bridgehead atoms. The number of fused-ring (bicyclic) bond motifs is 1. The number of rotatable bonds is 5. The molecule has 0 saturated heterocycles. The monoisotopic (exact) mass is 238 g/mol. The van der Waals surface area contributed by atoms with Crippen LogP contribution in [0.15, 0.2) is 18.5 Å². The van der Waals surface area contributed by atoms with Gasteiger partial charge in [0.1, 0.15) is 5.52 Å². The number of ether oxygens (including phenoxy) is 2. The molecule has 0 aliphatic heterocycles. The molecule has 2 aromatic heterocycles. The molecular formula is C11H14N2O2S. The van der Waals surface area contributed by atoms with Crippen molar-refractivity contribution >= 4 is 21.6 Å². The third kappa shape index (κ3) is 2.37. The largest absolute Gasteiger partial charge is 0.347 e. The van der Waals surface area contributed by atoms with Crippen LogP contribution in [0.2, 0.25) is 0 Å². The maximum Gasteiger partial charge on any atom is 0.210 e. The molecular weight excluding hydrogens is 224 g/mol. The summed E-state index contributed by atoms with van der Waals surface area (Å²) in [4.78, 5) is 8.50. The van der Waals surface area contributed by atoms with Gasteiger partial charge in [0, 0.05) is 19.4 Å². The molecule has 86 valence electrons. The first kappa shape index (κ1) is 11.4. The first-order valence-electron chi connectivity index (χ1n) is 5.28. The summed E-state index contributed by atoms with van der Waals surface area (Å²) in [5.74, 6) is 0. The summed E-state index contributed by atoms with van der Waals surface area (Å²) in [6.07, 6.45) is 3.16. The molecule has 2 heterocycles. The van der Waals surface area contributed by atoms with Gasteiger partial charge in [-0.2, -0.15) is 0 Å². The van der Waals surface area contributed by atoms with Crippen molar-refractivity contribution in [1.82, 2.24) is 9.97 Å². The second kappa shape index (κ2) is 5.34. The summed E-state index contributed by atoms with van der Waals surface area (Å²) < 4.78 is 12.1. The summed E-state index contributed by atoms with van der Waals surface area (Å²) in [5.41, 5.74) is 0.895. The first-order valence-corrected chi connectivity index (χ1v) is 6.10. The average molecular weight is 238 g/mol. The van der Waals surface area contributed by atoms with Crippen molar-refractivity contribution in [3.8, 4) is 0 Å². The topological polar surface area (TPSA) is 44.2 Å². The Labute approximate surface area is 98.2 Å². The second-order valence-corrected chi connectivity index (χ2v) is 4.20. The highest BCUT2D eigenvalue weighted by molar-refractivity contribution is 7.18. The zero-order valence-corrected chi connectivity index (χ0v) is 10.2. The summed E-state index contributed by atoms with van der Waals surface area (Å²) in [6, 6.07) is 1.95. The Morgan fingerprint density at radius 2 is 2.06 bits per heavy atom. The molecule has 0 unspecified atom stereocenters. The number of thiazole rings is 1. The molecule has 0 atom stereocenters. The predicted octanol–water partition coefficient (Wildman–Crippen LogP) is 2.76. The highest BCUT2D eigenvalue weighted by Crippen LogP contribution is 2.28. The normalized spacial score (nSPS) is 11.4. The first-order chi connectivity index (χ1) is 7.85. The van der Waals surface area contributed by atoms with Crippen LogP contribution in [0.1, 0.15) is 25.1 Å². The van der Waals surface area contributed by atoms with Crippen molar-refractivity contribution in [3.63, 3.8) is 0 Å². The lowest BCUT2D eigenvalue weighted by Crippen LogP contribution is -2.08. The van der Waals surface area contributed by atoms with Gasteiger partial charge in [-0.1, -0.05) is 0 Å². The molecule has 5 heteroatoms. The molecule has 0 aromatic carbocycles. The molecule has 0 fully saturated rings. The van der Waals surface area contributed by atoms with Crippen LogP contribution in [0, 0.1) is 0 Å². The lowest BCUT2D eigenvalue weighted by molar-refractivity contribution is -0.140. The second-order valence-electron chi connectivity index (χ2n) is 3.14. The van der Waals surface area contributed by atoms with Crippen LogP contribution in [0.4, 0.5) is 0 Å². The number of hydrogen-bond donors (Lipinski definition) is 0. The molecule has 0 amide bonds. The number of pyridine rings is 1. The van der Waals surface area contributed by atoms with E-state index in [4.69, 9.17) is 9.47 Å². The Balaban J connectivity index is 2.29. The summed E-state index contributed by atoms with van der Waals surface area (Å²) in [6.45, 7) is 5.11. The molecule has 0 saturated carbocycles. The van der Waals surface area contributed by atoms with Gasteiger partial charge in [-0.05, 0) is 19.9 Å². The van der Waals surface area contributed by atoms with Crippen LogP contribution in [0.3, 0.4) is 0 Å². The maximum atomic E-state index is 5.50. The molecule has 0 aliphatic carbocycles. The third-order valence-corrected chi connectivity index (χ3v) is 3.10. The fourth-order valence-corrected chi connectivity index (χ4v) is 2.33. The highest BCUT2D eigenvalue weighted by Gasteiger charge is 2.16. The molecule has 16 heavy (non-hydrogen) atoms. The molecule has 0 radical (unpaired) electrons. The van der Waals surface area contributed by atoms with Crippen molar-refractivity contribution in [2.75, 3.05) is 13.2 Å². The van der Waals surface area contributed by atoms with E-state index in [1.807, 2.05) is 19.9 Å². The van der Waals surface area contributed by atoms with Gasteiger partial charge in [0.25, 0.3) is 0 Å². The number of aromatic nitrogens is 2. The SMILES string of the molecule is CCOC(OCC)c1nc2cnccc2s1. The standard InChI is InChI=1S/C11H14N2O2S/c1-3-14-11(15-4-2)10-13-8-7-12-6-5-9(8)16-10/h5-7,11H,3-4H2,1-2H3. The lowest BCUT2D eigenvalue weighted by Gasteiger charge is -2.13. The van der Waals surface area contributed by atoms with Crippen LogP contribution in [-0.4, -0.2) is 23.2 Å². The Hall–Kier alpha value is -1.04. The van der Waals surface area contributed by atoms with E-state index in [9.17, 15) is 0 Å². The van der Waals surface area contributed by atoms with Crippen LogP contribution >= 0.6 is 11.3 Å². The van der Waals surface area contributed by atoms with E-state index in [1.54, 1.807) is 23.7 Å². The quantitative estimate of drug-likeness (QED) is 0.751. The molecule has 2 aromatic rings. The Morgan fingerprint density at radius 1 is 1.31 bits per heavy atom. The van der Waals surface area contributed by atoms with E-state index in [0.29, 0.717) is 13.2 Å². The Morgan fingerprint density at radius 3 is 2.69 bits per heavy atom. The van der Waals surface area contributed by atoms with Gasteiger partial charge in [-0.25, -0.2) is 4.98 Å². The van der Waals surface area contributed by atoms with Crippen LogP contribution in [-0.2, 0) is 9.47 Å². The van der Waals surface area contributed by atoms with Crippen molar-refractivity contribution < 1.29 is 9.47 Å². The summed E-state index contributed by atoms with van der Waals surface area (Å²) in [5, 5.41) is 0.853. The fraction of sp³-hybridized carbons (Fsp3) is 0.455. The van der Waals surface area contributed by atoms with E-state index in [1.165, 1.54) is 0 Å². The zero-order valence-electron chi connectivity index (χ0n) is 9.34. The minimum absolute atomic E-state index is 0.354. The van der Waals surface area contributed by atoms with E-state index in [-0.39, 0.29) is 6.29 Å². The zero-order chi connectivity index (χ0) is 11.4. The molecule has 0 aliphatic rings. The third-order valence-electron chi connectivity index (χ3n) is 2.04. The smallest absolute Gasteiger partial charge is 0.210 e. The predicted molar refractivity (Wildman–Crippen MR) is 63.4 cm³/mol. The van der Waals surface area contributed by atoms with Crippen molar-refractivity contribution in [2.24, 2.45) is 0 Å². The van der Waals surface area contributed by atoms with Gasteiger partial charge < -0.3 is 9.47 Å². The number of hydrogen-bond acceptors (Lipinski definition) is 5. The fourth-order valence-electron chi connectivity index (χ4n) is 1.39. The van der Waals surface area contributed by atoms with Gasteiger partial charge >= 0.3 is 0 Å². The van der Waals surface area contributed by atoms with Gasteiger partial charge in [0.2, 0.25) is 6.29 Å². The van der Waals surface area contributed by atoms with E-state index in [0.717, 1.165) is 15.2 Å². The molecule has 2 rings (SSSR count). The lowest BCUT2D eigenvalue weighted by atomic mass is 10.4. The van der Waals surface area contributed by atoms with E-state index in [2.05, 4.69) is 9.97 Å². The highest BCUT2D eigenvalue weighted by atomic mass is 32.1. The number of nitrogens with zero attached hydrogens (tertiary/aromatic N) is 2. The minimum Gasteiger partial charge on any atom is -0.347 e. The summed E-state index contributed by atoms with van der Waals surface area (Å²) in [7, 11) is 0. The summed E-state index contributed by atoms with van der Waals surface area (Å²) >= 11 is 1.58. The van der Waals surface area contributed by atoms with Crippen LogP contribution < -0.4 is 0 Å². The van der Waals surface area contributed by atoms with Crippen LogP contribution in [0.5, 0.6) is 0 Å². The van der Waals surface area contributed by atoms with Crippen molar-refractivity contribution in [1.29, 1.82) is 0 Å². The molecule has 0 N–H and O–H groups in total. The van der Waals surface area contributed by atoms with Crippen molar-refractivity contribution in [2.45, 2.75) is 20.1 Å². The van der Waals surface area contributed by atoms with Gasteiger partial charge in [-0.15, -0.1) is 11.3 Å². The van der Waals surface area contributed by atoms with E-state index >= 15 is 0 Å². The molecule has 0 spiro atoms. The Bertz CT molecular complexity index is 419. The van der Waals surface area contributed by atoms with Gasteiger partial charge in [0.05, 0.1) is 10.9 Å². The maximum absolute atomic E-state index is 5.50. The van der Waals surface area contributed by atoms with Gasteiger partial charge in [0.15, 0.2) is 5.01 Å². The van der Waals surface area contributed by atoms with Crippen molar-refractivity contribution in [3.05, 3.63) is 23.5 Å². The minimum atomic E-state index is -0.354. The van der Waals surface area contributed by atoms with Crippen LogP contribution in [0.25, 0.3) is 10.2 Å². The van der Waals surface area contributed by atoms with E-state index < -0.39 is 0 Å².